The fourth-order valence-electron chi connectivity index (χ4n) is 4.83. The maximum atomic E-state index is 13.5. The monoisotopic (exact) mass is 599 g/mol. The number of hydrogen-bond acceptors (Lipinski definition) is 8. The van der Waals surface area contributed by atoms with Crippen LogP contribution in [-0.4, -0.2) is 72.7 Å². The van der Waals surface area contributed by atoms with E-state index in [0.717, 1.165) is 22.9 Å². The second-order valence-corrected chi connectivity index (χ2v) is 10.9. The summed E-state index contributed by atoms with van der Waals surface area (Å²) in [6, 6.07) is 22.1. The van der Waals surface area contributed by atoms with E-state index < -0.39 is 6.04 Å². The number of amidine groups is 2. The van der Waals surface area contributed by atoms with Crippen molar-refractivity contribution in [3.05, 3.63) is 89.5 Å². The van der Waals surface area contributed by atoms with E-state index in [0.29, 0.717) is 59.7 Å². The molecule has 2 heterocycles. The Morgan fingerprint density at radius 3 is 2.33 bits per heavy atom. The summed E-state index contributed by atoms with van der Waals surface area (Å²) in [5.74, 6) is 1.03. The molecule has 2 aliphatic rings. The second-order valence-electron chi connectivity index (χ2n) is 9.92. The van der Waals surface area contributed by atoms with E-state index in [1.807, 2.05) is 72.8 Å². The van der Waals surface area contributed by atoms with E-state index in [4.69, 9.17) is 9.47 Å². The molecule has 0 aromatic heterocycles. The van der Waals surface area contributed by atoms with Crippen molar-refractivity contribution in [2.75, 3.05) is 33.1 Å². The highest BCUT2D eigenvalue weighted by molar-refractivity contribution is 8.14. The zero-order valence-corrected chi connectivity index (χ0v) is 24.9. The number of benzene rings is 3. The molecule has 0 saturated carbocycles. The van der Waals surface area contributed by atoms with Crippen LogP contribution in [0, 0.1) is 0 Å². The van der Waals surface area contributed by atoms with Crippen LogP contribution in [0.25, 0.3) is 0 Å². The summed E-state index contributed by atoms with van der Waals surface area (Å²) >= 11 is 1.16. The number of para-hydroxylation sites is 1. The Morgan fingerprint density at radius 1 is 0.860 bits per heavy atom. The highest BCUT2D eigenvalue weighted by Gasteiger charge is 2.42. The number of fused-ring (bicyclic) bond motifs is 3. The minimum atomic E-state index is -0.862. The molecule has 3 aromatic rings. The first-order chi connectivity index (χ1) is 21.0. The molecule has 0 saturated heterocycles. The van der Waals surface area contributed by atoms with Gasteiger partial charge in [0.05, 0.1) is 32.1 Å². The van der Waals surface area contributed by atoms with Crippen LogP contribution in [0.3, 0.4) is 0 Å². The van der Waals surface area contributed by atoms with Gasteiger partial charge in [0, 0.05) is 18.7 Å². The molecular formula is C32H33N5O5S. The van der Waals surface area contributed by atoms with Crippen molar-refractivity contribution in [2.45, 2.75) is 25.3 Å². The largest absolute Gasteiger partial charge is 0.493 e. The maximum Gasteiger partial charge on any atom is 0.259 e. The lowest BCUT2D eigenvalue weighted by Crippen LogP contribution is -2.42. The molecule has 0 spiro atoms. The van der Waals surface area contributed by atoms with Crippen LogP contribution in [0.2, 0.25) is 0 Å². The molecule has 1 unspecified atom stereocenters. The summed E-state index contributed by atoms with van der Waals surface area (Å²) in [6.45, 7) is 0.900. The third-order valence-corrected chi connectivity index (χ3v) is 7.96. The number of methoxy groups -OCH3 is 2. The smallest absolute Gasteiger partial charge is 0.259 e. The molecule has 11 heteroatoms. The first-order valence-electron chi connectivity index (χ1n) is 14.0. The van der Waals surface area contributed by atoms with Gasteiger partial charge in [-0.25, -0.2) is 9.89 Å². The van der Waals surface area contributed by atoms with Gasteiger partial charge < -0.3 is 20.1 Å². The van der Waals surface area contributed by atoms with Gasteiger partial charge in [-0.05, 0) is 48.2 Å². The number of aliphatic imine (C=N–C) groups is 2. The molecule has 2 N–H and O–H groups in total. The van der Waals surface area contributed by atoms with Crippen LogP contribution in [0.4, 0.5) is 5.69 Å². The molecule has 222 valence electrons. The van der Waals surface area contributed by atoms with Gasteiger partial charge in [0.2, 0.25) is 11.8 Å². The lowest BCUT2D eigenvalue weighted by atomic mass is 10.1. The van der Waals surface area contributed by atoms with Crippen LogP contribution in [0.15, 0.2) is 82.8 Å². The summed E-state index contributed by atoms with van der Waals surface area (Å²) in [5, 5.41) is 6.18. The third kappa shape index (κ3) is 7.23. The predicted octanol–water partition coefficient (Wildman–Crippen LogP) is 3.50. The number of carbonyl (C=O) groups is 3. The molecule has 2 aliphatic heterocycles. The van der Waals surface area contributed by atoms with Crippen molar-refractivity contribution in [3.63, 3.8) is 0 Å². The van der Waals surface area contributed by atoms with Crippen molar-refractivity contribution in [1.82, 2.24) is 15.5 Å². The van der Waals surface area contributed by atoms with Gasteiger partial charge in [0.15, 0.2) is 16.7 Å². The molecule has 0 aliphatic carbocycles. The van der Waals surface area contributed by atoms with Crippen LogP contribution in [0.5, 0.6) is 11.5 Å². The Hall–Kier alpha value is -4.64. The number of thioether (sulfide) groups is 1. The molecule has 0 radical (unpaired) electrons. The van der Waals surface area contributed by atoms with Crippen molar-refractivity contribution < 1.29 is 23.9 Å². The van der Waals surface area contributed by atoms with Crippen molar-refractivity contribution in [1.29, 1.82) is 0 Å². The minimum absolute atomic E-state index is 0.0641. The van der Waals surface area contributed by atoms with Crippen LogP contribution in [-0.2, 0) is 27.2 Å². The number of nitrogens with one attached hydrogen (secondary N) is 2. The second kappa shape index (κ2) is 14.0. The molecule has 1 atom stereocenters. The molecule has 10 nitrogen and oxygen atoms in total. The molecule has 3 aromatic carbocycles. The topological polar surface area (TPSA) is 122 Å². The quantitative estimate of drug-likeness (QED) is 0.329. The van der Waals surface area contributed by atoms with Gasteiger partial charge in [0.1, 0.15) is 11.9 Å². The molecule has 0 fully saturated rings. The summed E-state index contributed by atoms with van der Waals surface area (Å²) in [4.78, 5) is 49.6. The standard InChI is InChI=1S/C32H33N5O5S/c1-41-26-13-12-22(18-27(26)42-2)15-17-34-29(39)20-43-32-36-24-11-7-6-10-23(24)30-35-25(31(40)37(30)32)19-28(38)33-16-14-21-8-4-3-5-9-21/h3-13,18,25H,14-17,19-20H2,1-2H3,(H,33,38)(H,34,39). The summed E-state index contributed by atoms with van der Waals surface area (Å²) in [5.41, 5.74) is 3.50. The fraction of sp³-hybridized carbons (Fsp3) is 0.281. The van der Waals surface area contributed by atoms with Gasteiger partial charge in [0.25, 0.3) is 5.91 Å². The van der Waals surface area contributed by atoms with E-state index in [1.54, 1.807) is 14.2 Å². The summed E-state index contributed by atoms with van der Waals surface area (Å²) in [7, 11) is 3.17. The predicted molar refractivity (Wildman–Crippen MR) is 167 cm³/mol. The Balaban J connectivity index is 1.17. The van der Waals surface area contributed by atoms with Gasteiger partial charge in [-0.2, -0.15) is 0 Å². The maximum absolute atomic E-state index is 13.5. The molecule has 3 amide bonds. The fourth-order valence-corrected chi connectivity index (χ4v) is 5.66. The van der Waals surface area contributed by atoms with Crippen LogP contribution < -0.4 is 20.1 Å². The first kappa shape index (κ1) is 29.8. The van der Waals surface area contributed by atoms with E-state index in [1.165, 1.54) is 4.90 Å². The van der Waals surface area contributed by atoms with E-state index in [2.05, 4.69) is 20.6 Å². The number of ether oxygens (including phenoxy) is 2. The first-order valence-corrected chi connectivity index (χ1v) is 15.0. The summed E-state index contributed by atoms with van der Waals surface area (Å²) in [6.07, 6.45) is 1.25. The van der Waals surface area contributed by atoms with E-state index >= 15 is 0 Å². The van der Waals surface area contributed by atoms with Gasteiger partial charge in [-0.3, -0.25) is 19.4 Å². The van der Waals surface area contributed by atoms with Crippen molar-refractivity contribution in [3.8, 4) is 11.5 Å². The number of rotatable bonds is 12. The van der Waals surface area contributed by atoms with Gasteiger partial charge in [-0.15, -0.1) is 0 Å². The lowest BCUT2D eigenvalue weighted by molar-refractivity contribution is -0.128. The minimum Gasteiger partial charge on any atom is -0.493 e. The Bertz CT molecular complexity index is 1560. The Kier molecular flexibility index (Phi) is 9.73. The van der Waals surface area contributed by atoms with Gasteiger partial charge >= 0.3 is 0 Å². The SMILES string of the molecule is COc1ccc(CCNC(=O)CSC2=Nc3ccccc3C3=NC(CC(=O)NCCc4ccccc4)C(=O)N23)cc1OC. The van der Waals surface area contributed by atoms with Gasteiger partial charge in [-0.1, -0.05) is 60.3 Å². The van der Waals surface area contributed by atoms with Crippen LogP contribution >= 0.6 is 11.8 Å². The number of carbonyl (C=O) groups excluding carboxylic acids is 3. The zero-order valence-electron chi connectivity index (χ0n) is 24.0. The average Bonchev–Trinajstić information content (AvgIpc) is 3.36. The zero-order chi connectivity index (χ0) is 30.2. The highest BCUT2D eigenvalue weighted by Crippen LogP contribution is 2.34. The van der Waals surface area contributed by atoms with Crippen LogP contribution in [0.1, 0.15) is 23.1 Å². The van der Waals surface area contributed by atoms with Crippen molar-refractivity contribution in [2.24, 2.45) is 9.98 Å². The number of hydrogen-bond donors (Lipinski definition) is 2. The van der Waals surface area contributed by atoms with Crippen molar-refractivity contribution >= 4 is 46.2 Å². The normalized spacial score (nSPS) is 15.2. The van der Waals surface area contributed by atoms with E-state index in [9.17, 15) is 14.4 Å². The lowest BCUT2D eigenvalue weighted by Gasteiger charge is -2.25. The van der Waals surface area contributed by atoms with E-state index in [-0.39, 0.29) is 29.9 Å². The molecule has 43 heavy (non-hydrogen) atoms. The molecular weight excluding hydrogens is 566 g/mol. The third-order valence-electron chi connectivity index (χ3n) is 7.02. The summed E-state index contributed by atoms with van der Waals surface area (Å²) < 4.78 is 10.6. The molecule has 0 bridgehead atoms. The average molecular weight is 600 g/mol. The highest BCUT2D eigenvalue weighted by atomic mass is 32.2. The molecule has 5 rings (SSSR count). The Morgan fingerprint density at radius 2 is 1.56 bits per heavy atom. The number of nitrogens with zero attached hydrogens (tertiary/aromatic N) is 3. The Labute approximate surface area is 254 Å². The number of amides is 3.